The van der Waals surface area contributed by atoms with Crippen molar-refractivity contribution in [2.45, 2.75) is 58.9 Å². The van der Waals surface area contributed by atoms with Crippen LogP contribution in [0.4, 0.5) is 0 Å². The van der Waals surface area contributed by atoms with Crippen LogP contribution in [0.15, 0.2) is 0 Å². The van der Waals surface area contributed by atoms with Gasteiger partial charge in [0.1, 0.15) is 0 Å². The summed E-state index contributed by atoms with van der Waals surface area (Å²) in [6.45, 7) is 7.41. The Labute approximate surface area is 135 Å². The monoisotopic (exact) mass is 333 g/mol. The number of carbonyl (C=O) groups is 1. The van der Waals surface area contributed by atoms with Crippen molar-refractivity contribution in [3.63, 3.8) is 0 Å². The molecule has 1 aliphatic rings. The van der Waals surface area contributed by atoms with Crippen molar-refractivity contribution < 1.29 is 13.2 Å². The molecule has 1 heterocycles. The predicted molar refractivity (Wildman–Crippen MR) is 88.7 cm³/mol. The van der Waals surface area contributed by atoms with E-state index in [2.05, 4.69) is 12.2 Å². The summed E-state index contributed by atoms with van der Waals surface area (Å²) in [5.74, 6) is 0.0165. The maximum atomic E-state index is 12.4. The van der Waals surface area contributed by atoms with Gasteiger partial charge in [0, 0.05) is 38.6 Å². The number of amides is 1. The number of piperidine rings is 1. The van der Waals surface area contributed by atoms with Crippen molar-refractivity contribution in [2.75, 3.05) is 26.7 Å². The number of nitrogens with zero attached hydrogens (tertiary/aromatic N) is 2. The van der Waals surface area contributed by atoms with Gasteiger partial charge in [-0.25, -0.2) is 0 Å². The number of rotatable bonds is 8. The first-order valence-corrected chi connectivity index (χ1v) is 9.71. The third-order valence-electron chi connectivity index (χ3n) is 4.32. The molecule has 0 aliphatic carbocycles. The van der Waals surface area contributed by atoms with Gasteiger partial charge in [-0.3, -0.25) is 4.79 Å². The van der Waals surface area contributed by atoms with Gasteiger partial charge in [0.25, 0.3) is 10.2 Å². The van der Waals surface area contributed by atoms with Gasteiger partial charge in [-0.2, -0.15) is 17.0 Å². The molecule has 1 aliphatic heterocycles. The highest BCUT2D eigenvalue weighted by molar-refractivity contribution is 7.86. The Morgan fingerprint density at radius 3 is 2.36 bits per heavy atom. The maximum Gasteiger partial charge on any atom is 0.281 e. The minimum absolute atomic E-state index is 0.0579. The molecular formula is C15H31N3O3S. The van der Waals surface area contributed by atoms with E-state index < -0.39 is 10.2 Å². The van der Waals surface area contributed by atoms with E-state index >= 15 is 0 Å². The lowest BCUT2D eigenvalue weighted by Gasteiger charge is -2.34. The summed E-state index contributed by atoms with van der Waals surface area (Å²) in [5.41, 5.74) is 0. The molecule has 0 radical (unpaired) electrons. The van der Waals surface area contributed by atoms with E-state index in [0.717, 1.165) is 25.8 Å². The van der Waals surface area contributed by atoms with Gasteiger partial charge in [-0.15, -0.1) is 0 Å². The number of hydrogen-bond donors (Lipinski definition) is 1. The standard InChI is InChI=1S/C15H31N3O3S/c1-5-6-7-10-16-15(19)14-8-11-18(12-9-14)22(20,21)17(4)13(2)3/h13-14H,5-12H2,1-4H3,(H,16,19). The maximum absolute atomic E-state index is 12.4. The van der Waals surface area contributed by atoms with Crippen LogP contribution in [0.3, 0.4) is 0 Å². The van der Waals surface area contributed by atoms with Gasteiger partial charge in [0.15, 0.2) is 0 Å². The lowest BCUT2D eigenvalue weighted by molar-refractivity contribution is -0.126. The summed E-state index contributed by atoms with van der Waals surface area (Å²) in [6.07, 6.45) is 4.47. The van der Waals surface area contributed by atoms with Crippen molar-refractivity contribution in [1.82, 2.24) is 13.9 Å². The zero-order valence-corrected chi connectivity index (χ0v) is 15.2. The van der Waals surface area contributed by atoms with E-state index in [1.54, 1.807) is 7.05 Å². The average Bonchev–Trinajstić information content (AvgIpc) is 2.50. The minimum atomic E-state index is -3.40. The first-order valence-electron chi connectivity index (χ1n) is 8.31. The fourth-order valence-electron chi connectivity index (χ4n) is 2.53. The number of nitrogens with one attached hydrogen (secondary N) is 1. The lowest BCUT2D eigenvalue weighted by atomic mass is 9.97. The molecule has 1 fully saturated rings. The summed E-state index contributed by atoms with van der Waals surface area (Å²) >= 11 is 0. The zero-order chi connectivity index (χ0) is 16.8. The molecule has 0 atom stereocenters. The topological polar surface area (TPSA) is 69.7 Å². The largest absolute Gasteiger partial charge is 0.356 e. The zero-order valence-electron chi connectivity index (χ0n) is 14.3. The Morgan fingerprint density at radius 2 is 1.86 bits per heavy atom. The van der Waals surface area contributed by atoms with Crippen LogP contribution in [0, 0.1) is 5.92 Å². The summed E-state index contributed by atoms with van der Waals surface area (Å²) in [7, 11) is -1.80. The Balaban J connectivity index is 2.44. The van der Waals surface area contributed by atoms with E-state index in [0.29, 0.717) is 25.9 Å². The van der Waals surface area contributed by atoms with Crippen molar-refractivity contribution in [2.24, 2.45) is 5.92 Å². The second-order valence-electron chi connectivity index (χ2n) is 6.29. The molecule has 6 nitrogen and oxygen atoms in total. The molecule has 0 saturated carbocycles. The fraction of sp³-hybridized carbons (Fsp3) is 0.933. The molecule has 0 aromatic rings. The van der Waals surface area contributed by atoms with Crippen molar-refractivity contribution >= 4 is 16.1 Å². The number of hydrogen-bond acceptors (Lipinski definition) is 3. The van der Waals surface area contributed by atoms with Gasteiger partial charge in [-0.1, -0.05) is 19.8 Å². The second kappa shape index (κ2) is 8.84. The molecule has 7 heteroatoms. The van der Waals surface area contributed by atoms with Crippen LogP contribution in [0.25, 0.3) is 0 Å². The molecule has 0 spiro atoms. The van der Waals surface area contributed by atoms with Crippen LogP contribution < -0.4 is 5.32 Å². The molecule has 0 aromatic heterocycles. The predicted octanol–water partition coefficient (Wildman–Crippen LogP) is 1.59. The molecule has 1 amide bonds. The summed E-state index contributed by atoms with van der Waals surface area (Å²) < 4.78 is 27.7. The fourth-order valence-corrected chi connectivity index (χ4v) is 4.10. The summed E-state index contributed by atoms with van der Waals surface area (Å²) in [4.78, 5) is 12.1. The smallest absolute Gasteiger partial charge is 0.281 e. The van der Waals surface area contributed by atoms with Crippen LogP contribution >= 0.6 is 0 Å². The SMILES string of the molecule is CCCCCNC(=O)C1CCN(S(=O)(=O)N(C)C(C)C)CC1. The quantitative estimate of drug-likeness (QED) is 0.686. The van der Waals surface area contributed by atoms with E-state index in [1.165, 1.54) is 8.61 Å². The van der Waals surface area contributed by atoms with Crippen molar-refractivity contribution in [3.05, 3.63) is 0 Å². The Hall–Kier alpha value is -0.660. The van der Waals surface area contributed by atoms with Gasteiger partial charge in [-0.05, 0) is 33.1 Å². The minimum Gasteiger partial charge on any atom is -0.356 e. The van der Waals surface area contributed by atoms with E-state index in [1.807, 2.05) is 13.8 Å². The number of unbranched alkanes of at least 4 members (excludes halogenated alkanes) is 2. The van der Waals surface area contributed by atoms with E-state index in [-0.39, 0.29) is 17.9 Å². The van der Waals surface area contributed by atoms with Gasteiger partial charge >= 0.3 is 0 Å². The molecule has 0 aromatic carbocycles. The van der Waals surface area contributed by atoms with Crippen LogP contribution in [0.5, 0.6) is 0 Å². The molecule has 1 N–H and O–H groups in total. The third-order valence-corrected chi connectivity index (χ3v) is 6.49. The van der Waals surface area contributed by atoms with E-state index in [9.17, 15) is 13.2 Å². The van der Waals surface area contributed by atoms with Gasteiger partial charge in [0.05, 0.1) is 0 Å². The lowest BCUT2D eigenvalue weighted by Crippen LogP contribution is -2.49. The van der Waals surface area contributed by atoms with Gasteiger partial charge in [0.2, 0.25) is 5.91 Å². The van der Waals surface area contributed by atoms with Crippen LogP contribution in [-0.2, 0) is 15.0 Å². The highest BCUT2D eigenvalue weighted by Gasteiger charge is 2.34. The van der Waals surface area contributed by atoms with Crippen LogP contribution in [-0.4, -0.2) is 55.7 Å². The van der Waals surface area contributed by atoms with E-state index in [4.69, 9.17) is 0 Å². The summed E-state index contributed by atoms with van der Waals surface area (Å²) in [6, 6.07) is -0.0652. The highest BCUT2D eigenvalue weighted by Crippen LogP contribution is 2.21. The summed E-state index contributed by atoms with van der Waals surface area (Å²) in [5, 5.41) is 2.96. The molecular weight excluding hydrogens is 302 g/mol. The molecule has 130 valence electrons. The Morgan fingerprint density at radius 1 is 1.27 bits per heavy atom. The first kappa shape index (κ1) is 19.4. The Kier molecular flexibility index (Phi) is 7.79. The molecule has 1 rings (SSSR count). The normalized spacial score (nSPS) is 18.1. The highest BCUT2D eigenvalue weighted by atomic mass is 32.2. The van der Waals surface area contributed by atoms with Crippen LogP contribution in [0.2, 0.25) is 0 Å². The first-order chi connectivity index (χ1) is 10.3. The molecule has 22 heavy (non-hydrogen) atoms. The van der Waals surface area contributed by atoms with Gasteiger partial charge < -0.3 is 5.32 Å². The van der Waals surface area contributed by atoms with Crippen LogP contribution in [0.1, 0.15) is 52.9 Å². The van der Waals surface area contributed by atoms with Crippen molar-refractivity contribution in [1.29, 1.82) is 0 Å². The number of carbonyl (C=O) groups excluding carboxylic acids is 1. The molecule has 1 saturated heterocycles. The Bertz CT molecular complexity index is 443. The third kappa shape index (κ3) is 5.21. The molecule has 0 unspecified atom stereocenters. The molecule has 0 bridgehead atoms. The average molecular weight is 333 g/mol. The van der Waals surface area contributed by atoms with Crippen molar-refractivity contribution in [3.8, 4) is 0 Å². The second-order valence-corrected chi connectivity index (χ2v) is 8.28.